The van der Waals surface area contributed by atoms with Crippen LogP contribution in [0, 0.1) is 12.3 Å². The molecule has 0 spiro atoms. The first-order valence-electron chi connectivity index (χ1n) is 27.0. The summed E-state index contributed by atoms with van der Waals surface area (Å²) in [5.74, 6) is -3.66. The number of unbranched alkanes of at least 4 members (excludes halogenated alkanes) is 2. The summed E-state index contributed by atoms with van der Waals surface area (Å²) < 4.78 is 5.43. The molecule has 424 valence electrons. The van der Waals surface area contributed by atoms with Crippen LogP contribution in [-0.2, 0) is 57.6 Å². The maximum Gasteiger partial charge on any atom is 0.408 e. The average molecular weight is 1120 g/mol. The zero-order valence-corrected chi connectivity index (χ0v) is 47.8. The van der Waals surface area contributed by atoms with Gasteiger partial charge in [0.15, 0.2) is 0 Å². The lowest BCUT2D eigenvalue weighted by Crippen LogP contribution is -2.57. The lowest BCUT2D eigenvalue weighted by Gasteiger charge is -2.35. The fourth-order valence-corrected chi connectivity index (χ4v) is 11.4. The molecule has 0 bridgehead atoms. The van der Waals surface area contributed by atoms with Crippen molar-refractivity contribution in [2.75, 3.05) is 16.8 Å². The van der Waals surface area contributed by atoms with Crippen LogP contribution in [0.5, 0.6) is 0 Å². The Morgan fingerprint density at radius 2 is 1.58 bits per heavy atom. The first-order chi connectivity index (χ1) is 37.3. The SMILES string of the molecule is Cc1ncsc1-c1ccc([C@H](C)NC(=O)[C@@H]2C[C@@H](O)CN2C(=O)[C@@H](NC(=O)CCCCCc2cccc(NC(=O)[C@H](CCC(N)=O)NC(=O)[C@@H]3Cc4cccc5c4N3C(=O)[C@@H](NC(=O)OC(C)(C)C)CC5)c2Cl)C(C)(C)C)cc1. The minimum absolute atomic E-state index is 0.0468. The number of hydrogen-bond acceptors (Lipinski definition) is 12. The molecule has 7 rings (SSSR count). The van der Waals surface area contributed by atoms with Crippen molar-refractivity contribution in [2.24, 2.45) is 11.1 Å². The molecule has 19 nitrogen and oxygen atoms in total. The third-order valence-electron chi connectivity index (χ3n) is 14.5. The van der Waals surface area contributed by atoms with Gasteiger partial charge in [-0.3, -0.25) is 38.5 Å². The van der Waals surface area contributed by atoms with Crippen LogP contribution in [0.4, 0.5) is 16.2 Å². The summed E-state index contributed by atoms with van der Waals surface area (Å²) >= 11 is 8.44. The van der Waals surface area contributed by atoms with Gasteiger partial charge in [0.1, 0.15) is 35.8 Å². The number of aliphatic hydroxyl groups excluding tert-OH is 1. The average Bonchev–Trinajstić information content (AvgIpc) is 4.10. The fourth-order valence-electron chi connectivity index (χ4n) is 10.4. The van der Waals surface area contributed by atoms with Crippen molar-refractivity contribution in [1.29, 1.82) is 0 Å². The van der Waals surface area contributed by atoms with Crippen LogP contribution >= 0.6 is 22.9 Å². The Bertz CT molecular complexity index is 2940. The number of carbonyl (C=O) groups excluding carboxylic acids is 8. The smallest absolute Gasteiger partial charge is 0.408 e. The van der Waals surface area contributed by atoms with E-state index in [2.05, 4.69) is 31.6 Å². The maximum atomic E-state index is 14.3. The number of alkyl carbamates (subject to hydrolysis) is 1. The molecule has 1 fully saturated rings. The predicted molar refractivity (Wildman–Crippen MR) is 302 cm³/mol. The molecular formula is C58H74ClN9O10S. The lowest BCUT2D eigenvalue weighted by molar-refractivity contribution is -0.144. The van der Waals surface area contributed by atoms with Gasteiger partial charge in [0, 0.05) is 32.2 Å². The van der Waals surface area contributed by atoms with Crippen molar-refractivity contribution in [2.45, 2.75) is 174 Å². The van der Waals surface area contributed by atoms with Gasteiger partial charge < -0.3 is 47.1 Å². The highest BCUT2D eigenvalue weighted by Gasteiger charge is 2.46. The van der Waals surface area contributed by atoms with Gasteiger partial charge in [-0.05, 0) is 112 Å². The quantitative estimate of drug-likeness (QED) is 0.0456. The van der Waals surface area contributed by atoms with E-state index in [1.807, 2.05) is 83.1 Å². The van der Waals surface area contributed by atoms with E-state index in [0.29, 0.717) is 37.8 Å². The Balaban J connectivity index is 0.916. The summed E-state index contributed by atoms with van der Waals surface area (Å²) in [5, 5.41) is 25.2. The molecule has 0 saturated carbocycles. The third kappa shape index (κ3) is 15.1. The highest BCUT2D eigenvalue weighted by atomic mass is 35.5. The van der Waals surface area contributed by atoms with Gasteiger partial charge in [-0.15, -0.1) is 11.3 Å². The van der Waals surface area contributed by atoms with Gasteiger partial charge >= 0.3 is 6.09 Å². The number of primary amides is 1. The molecule has 0 radical (unpaired) electrons. The van der Waals surface area contributed by atoms with Crippen molar-refractivity contribution < 1.29 is 48.2 Å². The topological polar surface area (TPSA) is 272 Å². The predicted octanol–water partition coefficient (Wildman–Crippen LogP) is 6.73. The van der Waals surface area contributed by atoms with Gasteiger partial charge in [-0.25, -0.2) is 9.78 Å². The van der Waals surface area contributed by atoms with Crippen molar-refractivity contribution in [3.63, 3.8) is 0 Å². The molecule has 7 atom stereocenters. The van der Waals surface area contributed by atoms with Crippen molar-refractivity contribution in [3.05, 3.63) is 99.1 Å². The molecule has 8 amide bonds. The number of β-amino-alcohol motifs (C(OH)–C–C–N with tert-alkyl or cyclic N) is 1. The van der Waals surface area contributed by atoms with Crippen LogP contribution in [-0.4, -0.2) is 111 Å². The Morgan fingerprint density at radius 3 is 2.25 bits per heavy atom. The normalized spacial score (nSPS) is 19.1. The van der Waals surface area contributed by atoms with Gasteiger partial charge in [0.2, 0.25) is 41.4 Å². The Morgan fingerprint density at radius 1 is 0.886 bits per heavy atom. The van der Waals surface area contributed by atoms with Crippen LogP contribution in [0.15, 0.2) is 66.2 Å². The second-order valence-electron chi connectivity index (χ2n) is 22.9. The number of thiazole rings is 1. The Kier molecular flexibility index (Phi) is 19.3. The molecule has 0 aliphatic carbocycles. The molecule has 4 heterocycles. The molecular weight excluding hydrogens is 1050 g/mol. The molecule has 79 heavy (non-hydrogen) atoms. The number of nitrogens with one attached hydrogen (secondary N) is 5. The largest absolute Gasteiger partial charge is 0.444 e. The first kappa shape index (κ1) is 59.8. The summed E-state index contributed by atoms with van der Waals surface area (Å²) in [6.45, 7) is 14.4. The van der Waals surface area contributed by atoms with E-state index in [1.54, 1.807) is 49.8 Å². The molecule has 4 aromatic rings. The number of halogens is 1. The van der Waals surface area contributed by atoms with E-state index in [4.69, 9.17) is 22.1 Å². The molecule has 1 aromatic heterocycles. The Hall–Kier alpha value is -6.90. The standard InChI is InChI=1S/C58H74ClN9O10S/c1-32(34-20-22-37(23-21-34)49-33(2)61-31-79-49)62-52(73)43-29-39(69)30-67(43)55(76)50(57(3,4)5)66-46(71)19-11-9-10-14-35-15-13-18-40(47(35)59)63-51(72)41(26-27-45(60)70)64-53(74)44-28-38-17-12-16-36-24-25-42(54(75)68(44)48(36)38)65-56(77)78-58(6,7)8/h12-13,15-18,20-23,31-32,39,41-44,50,69H,9-11,14,19,24-30H2,1-8H3,(H2,60,70)(H,62,73)(H,63,72)(H,64,74)(H,65,77)(H,66,71)/t32-,39+,41-,42-,43-,44-,50+/m0/s1. The van der Waals surface area contributed by atoms with Crippen LogP contribution in [0.3, 0.4) is 0 Å². The van der Waals surface area contributed by atoms with Crippen molar-refractivity contribution in [1.82, 2.24) is 31.2 Å². The zero-order chi connectivity index (χ0) is 57.5. The number of aromatic nitrogens is 1. The number of aryl methyl sites for hydroxylation is 3. The number of rotatable bonds is 20. The minimum Gasteiger partial charge on any atom is -0.444 e. The van der Waals surface area contributed by atoms with E-state index in [9.17, 15) is 43.5 Å². The number of benzene rings is 3. The zero-order valence-electron chi connectivity index (χ0n) is 46.2. The molecule has 1 saturated heterocycles. The summed E-state index contributed by atoms with van der Waals surface area (Å²) in [6.07, 6.45) is 1.21. The number of para-hydroxylation sites is 1. The van der Waals surface area contributed by atoms with Crippen LogP contribution in [0.1, 0.15) is 134 Å². The number of anilines is 2. The van der Waals surface area contributed by atoms with Gasteiger partial charge in [-0.2, -0.15) is 0 Å². The molecule has 21 heteroatoms. The van der Waals surface area contributed by atoms with Gasteiger partial charge in [0.05, 0.1) is 44.6 Å². The number of hydrogen-bond donors (Lipinski definition) is 7. The summed E-state index contributed by atoms with van der Waals surface area (Å²) in [4.78, 5) is 117. The summed E-state index contributed by atoms with van der Waals surface area (Å²) in [5.41, 5.74) is 11.8. The fraction of sp³-hybridized carbons (Fsp3) is 0.500. The monoisotopic (exact) mass is 1120 g/mol. The van der Waals surface area contributed by atoms with Crippen LogP contribution < -0.4 is 37.2 Å². The van der Waals surface area contributed by atoms with Gasteiger partial charge in [0.25, 0.3) is 0 Å². The highest BCUT2D eigenvalue weighted by molar-refractivity contribution is 7.13. The number of nitrogens with zero attached hydrogens (tertiary/aromatic N) is 3. The number of aliphatic hydroxyl groups is 1. The van der Waals surface area contributed by atoms with E-state index in [-0.39, 0.29) is 67.7 Å². The molecule has 3 aromatic carbocycles. The highest BCUT2D eigenvalue weighted by Crippen LogP contribution is 2.40. The second-order valence-corrected chi connectivity index (χ2v) is 24.1. The summed E-state index contributed by atoms with van der Waals surface area (Å²) in [7, 11) is 0. The number of likely N-dealkylation sites (tertiary alicyclic amines) is 1. The number of carbonyl (C=O) groups is 8. The molecule has 3 aliphatic heterocycles. The molecule has 3 aliphatic rings. The summed E-state index contributed by atoms with van der Waals surface area (Å²) in [6, 6.07) is 13.0. The van der Waals surface area contributed by atoms with Crippen molar-refractivity contribution >= 4 is 81.8 Å². The lowest BCUT2D eigenvalue weighted by atomic mass is 9.85. The maximum absolute atomic E-state index is 14.3. The second kappa shape index (κ2) is 25.5. The van der Waals surface area contributed by atoms with Gasteiger partial charge in [-0.1, -0.05) is 93.4 Å². The van der Waals surface area contributed by atoms with E-state index < -0.39 is 88.9 Å². The Labute approximate surface area is 470 Å². The third-order valence-corrected chi connectivity index (χ3v) is 15.9. The number of ether oxygens (including phenoxy) is 1. The number of amides is 8. The van der Waals surface area contributed by atoms with Crippen LogP contribution in [0.2, 0.25) is 5.02 Å². The van der Waals surface area contributed by atoms with E-state index in [0.717, 1.165) is 38.4 Å². The van der Waals surface area contributed by atoms with E-state index in [1.165, 1.54) is 9.80 Å². The molecule has 0 unspecified atom stereocenters. The molecule has 8 N–H and O–H groups in total. The van der Waals surface area contributed by atoms with E-state index >= 15 is 0 Å². The number of nitrogens with two attached hydrogens (primary N) is 1. The first-order valence-corrected chi connectivity index (χ1v) is 28.2. The van der Waals surface area contributed by atoms with Crippen molar-refractivity contribution in [3.8, 4) is 10.4 Å². The van der Waals surface area contributed by atoms with Crippen LogP contribution in [0.25, 0.3) is 10.4 Å². The minimum atomic E-state index is -1.26.